The van der Waals surface area contributed by atoms with Crippen molar-refractivity contribution in [2.24, 2.45) is 16.8 Å². The van der Waals surface area contributed by atoms with E-state index in [0.717, 1.165) is 56.5 Å². The van der Waals surface area contributed by atoms with Crippen molar-refractivity contribution in [2.75, 3.05) is 39.4 Å². The van der Waals surface area contributed by atoms with Gasteiger partial charge in [0.15, 0.2) is 5.17 Å². The van der Waals surface area contributed by atoms with Crippen LogP contribution in [0.1, 0.15) is 26.7 Å². The van der Waals surface area contributed by atoms with Crippen molar-refractivity contribution in [2.45, 2.75) is 38.0 Å². The predicted molar refractivity (Wildman–Crippen MR) is 85.4 cm³/mol. The third-order valence-electron chi connectivity index (χ3n) is 4.92. The Morgan fingerprint density at radius 3 is 2.75 bits per heavy atom. The Balaban J connectivity index is 1.49. The predicted octanol–water partition coefficient (Wildman–Crippen LogP) is 1.81. The van der Waals surface area contributed by atoms with Crippen LogP contribution >= 0.6 is 11.8 Å². The number of hydrogen-bond donors (Lipinski definition) is 1. The van der Waals surface area contributed by atoms with E-state index in [1.54, 1.807) is 0 Å². The average molecular weight is 297 g/mol. The molecule has 5 heteroatoms. The minimum Gasteiger partial charge on any atom is -0.379 e. The second-order valence-corrected chi connectivity index (χ2v) is 7.59. The molecular formula is C15H27N3OS. The highest BCUT2D eigenvalue weighted by atomic mass is 32.2. The van der Waals surface area contributed by atoms with Crippen molar-refractivity contribution in [3.05, 3.63) is 0 Å². The molecule has 0 amide bonds. The van der Waals surface area contributed by atoms with E-state index in [0.29, 0.717) is 6.04 Å². The first-order valence-electron chi connectivity index (χ1n) is 8.02. The number of nitrogens with zero attached hydrogens (tertiary/aromatic N) is 2. The van der Waals surface area contributed by atoms with Gasteiger partial charge in [0.1, 0.15) is 0 Å². The zero-order valence-electron chi connectivity index (χ0n) is 12.7. The maximum atomic E-state index is 5.37. The van der Waals surface area contributed by atoms with Crippen molar-refractivity contribution in [1.29, 1.82) is 0 Å². The van der Waals surface area contributed by atoms with Crippen molar-refractivity contribution in [3.8, 4) is 0 Å². The summed E-state index contributed by atoms with van der Waals surface area (Å²) < 4.78 is 5.37. The van der Waals surface area contributed by atoms with E-state index in [1.807, 2.05) is 11.8 Å². The lowest BCUT2D eigenvalue weighted by molar-refractivity contribution is 0.0394. The first-order chi connectivity index (χ1) is 9.74. The molecule has 20 heavy (non-hydrogen) atoms. The summed E-state index contributed by atoms with van der Waals surface area (Å²) in [5.74, 6) is 1.61. The fraction of sp³-hybridized carbons (Fsp3) is 0.933. The quantitative estimate of drug-likeness (QED) is 0.862. The number of amidine groups is 1. The lowest BCUT2D eigenvalue weighted by Gasteiger charge is -2.34. The summed E-state index contributed by atoms with van der Waals surface area (Å²) in [4.78, 5) is 7.25. The van der Waals surface area contributed by atoms with Crippen LogP contribution in [0.4, 0.5) is 0 Å². The third-order valence-corrected chi connectivity index (χ3v) is 6.42. The molecule has 0 aromatic heterocycles. The number of hydrogen-bond acceptors (Lipinski definition) is 4. The van der Waals surface area contributed by atoms with Crippen LogP contribution in [0.3, 0.4) is 0 Å². The zero-order chi connectivity index (χ0) is 13.9. The fourth-order valence-electron chi connectivity index (χ4n) is 3.47. The Morgan fingerprint density at radius 1 is 1.25 bits per heavy atom. The first-order valence-corrected chi connectivity index (χ1v) is 8.90. The number of nitrogens with one attached hydrogen (secondary N) is 1. The molecule has 4 atom stereocenters. The number of fused-ring (bicyclic) bond motifs is 1. The lowest BCUT2D eigenvalue weighted by Crippen LogP contribution is -2.43. The minimum atomic E-state index is 0.644. The average Bonchev–Trinajstić information content (AvgIpc) is 2.90. The van der Waals surface area contributed by atoms with Crippen molar-refractivity contribution in [3.63, 3.8) is 0 Å². The summed E-state index contributed by atoms with van der Waals surface area (Å²) in [5, 5.41) is 5.61. The van der Waals surface area contributed by atoms with Crippen LogP contribution in [0.25, 0.3) is 0 Å². The van der Waals surface area contributed by atoms with Gasteiger partial charge in [-0.25, -0.2) is 0 Å². The van der Waals surface area contributed by atoms with Gasteiger partial charge in [-0.05, 0) is 24.7 Å². The highest BCUT2D eigenvalue weighted by Crippen LogP contribution is 2.40. The Kier molecular flexibility index (Phi) is 4.89. The largest absolute Gasteiger partial charge is 0.379 e. The van der Waals surface area contributed by atoms with Gasteiger partial charge in [0.25, 0.3) is 0 Å². The minimum absolute atomic E-state index is 0.644. The molecule has 3 fully saturated rings. The van der Waals surface area contributed by atoms with Gasteiger partial charge < -0.3 is 10.1 Å². The summed E-state index contributed by atoms with van der Waals surface area (Å²) >= 11 is 1.99. The molecule has 2 saturated heterocycles. The topological polar surface area (TPSA) is 36.9 Å². The summed E-state index contributed by atoms with van der Waals surface area (Å²) in [6.07, 6.45) is 2.73. The molecule has 3 rings (SSSR count). The molecule has 2 heterocycles. The zero-order valence-corrected chi connectivity index (χ0v) is 13.5. The molecule has 3 aliphatic rings. The summed E-state index contributed by atoms with van der Waals surface area (Å²) in [7, 11) is 0. The van der Waals surface area contributed by atoms with Crippen LogP contribution in [0.2, 0.25) is 0 Å². The van der Waals surface area contributed by atoms with Crippen molar-refractivity contribution < 1.29 is 4.74 Å². The van der Waals surface area contributed by atoms with Gasteiger partial charge in [0, 0.05) is 30.9 Å². The molecule has 1 aliphatic carbocycles. The van der Waals surface area contributed by atoms with E-state index < -0.39 is 0 Å². The SMILES string of the molecule is CC1CCC(C)C2SC(=NCCN3CCOCC3)NC12. The molecule has 4 nitrogen and oxygen atoms in total. The van der Waals surface area contributed by atoms with Gasteiger partial charge in [-0.1, -0.05) is 25.6 Å². The molecule has 0 aromatic rings. The van der Waals surface area contributed by atoms with E-state index in [4.69, 9.17) is 9.73 Å². The van der Waals surface area contributed by atoms with E-state index in [2.05, 4.69) is 24.1 Å². The van der Waals surface area contributed by atoms with Crippen LogP contribution < -0.4 is 5.32 Å². The third kappa shape index (κ3) is 3.31. The normalized spacial score (nSPS) is 40.6. The molecule has 0 aromatic carbocycles. The highest BCUT2D eigenvalue weighted by molar-refractivity contribution is 8.14. The van der Waals surface area contributed by atoms with Crippen LogP contribution in [0.5, 0.6) is 0 Å². The van der Waals surface area contributed by atoms with Crippen LogP contribution in [0.15, 0.2) is 4.99 Å². The molecule has 1 N–H and O–H groups in total. The van der Waals surface area contributed by atoms with Gasteiger partial charge in [-0.2, -0.15) is 0 Å². The van der Waals surface area contributed by atoms with Crippen molar-refractivity contribution >= 4 is 16.9 Å². The Labute approximate surface area is 126 Å². The highest BCUT2D eigenvalue weighted by Gasteiger charge is 2.41. The molecular weight excluding hydrogens is 270 g/mol. The molecule has 4 unspecified atom stereocenters. The Morgan fingerprint density at radius 2 is 2.00 bits per heavy atom. The molecule has 0 bridgehead atoms. The lowest BCUT2D eigenvalue weighted by atomic mass is 9.80. The number of aliphatic imine (C=N–C) groups is 1. The van der Waals surface area contributed by atoms with E-state index in [-0.39, 0.29) is 0 Å². The van der Waals surface area contributed by atoms with Gasteiger partial charge in [0.2, 0.25) is 0 Å². The van der Waals surface area contributed by atoms with Crippen LogP contribution in [0, 0.1) is 11.8 Å². The smallest absolute Gasteiger partial charge is 0.157 e. The van der Waals surface area contributed by atoms with Crippen molar-refractivity contribution in [1.82, 2.24) is 10.2 Å². The Hall–Kier alpha value is -0.260. The van der Waals surface area contributed by atoms with E-state index in [1.165, 1.54) is 18.0 Å². The number of morpholine rings is 1. The standard InChI is InChI=1S/C15H27N3OS/c1-11-3-4-12(2)14-13(11)17-15(20-14)16-5-6-18-7-9-19-10-8-18/h11-14H,3-10H2,1-2H3,(H,16,17). The maximum Gasteiger partial charge on any atom is 0.157 e. The molecule has 0 spiro atoms. The Bertz CT molecular complexity index is 337. The van der Waals surface area contributed by atoms with Gasteiger partial charge >= 0.3 is 0 Å². The van der Waals surface area contributed by atoms with Gasteiger partial charge in [0.05, 0.1) is 19.8 Å². The van der Waals surface area contributed by atoms with Crippen LogP contribution in [-0.2, 0) is 4.74 Å². The number of thioether (sulfide) groups is 1. The van der Waals surface area contributed by atoms with E-state index >= 15 is 0 Å². The van der Waals surface area contributed by atoms with Gasteiger partial charge in [-0.3, -0.25) is 9.89 Å². The summed E-state index contributed by atoms with van der Waals surface area (Å²) in [6, 6.07) is 0.644. The molecule has 1 saturated carbocycles. The fourth-order valence-corrected chi connectivity index (χ4v) is 4.95. The maximum absolute atomic E-state index is 5.37. The van der Waals surface area contributed by atoms with Gasteiger partial charge in [-0.15, -0.1) is 0 Å². The second kappa shape index (κ2) is 6.67. The van der Waals surface area contributed by atoms with Crippen LogP contribution in [-0.4, -0.2) is 60.8 Å². The molecule has 0 radical (unpaired) electrons. The van der Waals surface area contributed by atoms with E-state index in [9.17, 15) is 0 Å². The first kappa shape index (κ1) is 14.7. The number of ether oxygens (including phenoxy) is 1. The molecule has 2 aliphatic heterocycles. The second-order valence-electron chi connectivity index (χ2n) is 6.43. The monoisotopic (exact) mass is 297 g/mol. The number of rotatable bonds is 3. The molecule has 114 valence electrons. The summed E-state index contributed by atoms with van der Waals surface area (Å²) in [6.45, 7) is 10.6. The summed E-state index contributed by atoms with van der Waals surface area (Å²) in [5.41, 5.74) is 0.